The number of anilines is 1. The van der Waals surface area contributed by atoms with Crippen molar-refractivity contribution in [1.82, 2.24) is 4.98 Å². The minimum Gasteiger partial charge on any atom is -0.497 e. The zero-order valence-electron chi connectivity index (χ0n) is 13.3. The molecule has 0 atom stereocenters. The summed E-state index contributed by atoms with van der Waals surface area (Å²) in [5.41, 5.74) is 6.11. The largest absolute Gasteiger partial charge is 0.497 e. The third kappa shape index (κ3) is 3.78. The van der Waals surface area contributed by atoms with Crippen molar-refractivity contribution in [2.24, 2.45) is 5.10 Å². The Hall–Kier alpha value is -2.73. The van der Waals surface area contributed by atoms with Gasteiger partial charge in [0.2, 0.25) is 5.13 Å². The molecule has 4 nitrogen and oxygen atoms in total. The fourth-order valence-electron chi connectivity index (χ4n) is 2.15. The van der Waals surface area contributed by atoms with Gasteiger partial charge in [0, 0.05) is 10.9 Å². The molecule has 0 aliphatic carbocycles. The predicted octanol–water partition coefficient (Wildman–Crippen LogP) is 4.71. The van der Waals surface area contributed by atoms with E-state index in [1.54, 1.807) is 32.4 Å². The van der Waals surface area contributed by atoms with Crippen molar-refractivity contribution < 1.29 is 9.13 Å². The van der Waals surface area contributed by atoms with Crippen molar-refractivity contribution >= 4 is 22.7 Å². The molecule has 1 N–H and O–H groups in total. The number of aryl methyl sites for hydroxylation is 1. The van der Waals surface area contributed by atoms with Crippen molar-refractivity contribution in [3.05, 3.63) is 64.8 Å². The van der Waals surface area contributed by atoms with Gasteiger partial charge in [0.15, 0.2) is 0 Å². The molecule has 0 bridgehead atoms. The van der Waals surface area contributed by atoms with Gasteiger partial charge in [-0.2, -0.15) is 5.10 Å². The summed E-state index contributed by atoms with van der Waals surface area (Å²) in [6.45, 7) is 1.74. The molecule has 6 heteroatoms. The van der Waals surface area contributed by atoms with Crippen molar-refractivity contribution in [3.8, 4) is 17.0 Å². The molecular weight excluding hydrogens is 325 g/mol. The molecule has 122 valence electrons. The van der Waals surface area contributed by atoms with E-state index in [4.69, 9.17) is 4.74 Å². The first-order valence-corrected chi connectivity index (χ1v) is 8.19. The molecule has 3 rings (SSSR count). The maximum absolute atomic E-state index is 13.3. The van der Waals surface area contributed by atoms with Gasteiger partial charge in [-0.3, -0.25) is 5.43 Å². The van der Waals surface area contributed by atoms with E-state index in [1.165, 1.54) is 17.4 Å². The monoisotopic (exact) mass is 341 g/mol. The second-order valence-electron chi connectivity index (χ2n) is 5.15. The Morgan fingerprint density at radius 3 is 2.92 bits per heavy atom. The third-order valence-corrected chi connectivity index (χ3v) is 4.17. The number of ether oxygens (including phenoxy) is 1. The van der Waals surface area contributed by atoms with Gasteiger partial charge >= 0.3 is 0 Å². The van der Waals surface area contributed by atoms with E-state index in [0.29, 0.717) is 10.7 Å². The highest BCUT2D eigenvalue weighted by atomic mass is 32.1. The molecule has 0 fully saturated rings. The maximum atomic E-state index is 13.3. The van der Waals surface area contributed by atoms with Crippen LogP contribution in [0.1, 0.15) is 11.1 Å². The topological polar surface area (TPSA) is 46.5 Å². The summed E-state index contributed by atoms with van der Waals surface area (Å²) in [6, 6.07) is 12.6. The van der Waals surface area contributed by atoms with Crippen molar-refractivity contribution in [2.45, 2.75) is 6.92 Å². The zero-order chi connectivity index (χ0) is 16.9. The van der Waals surface area contributed by atoms with Crippen LogP contribution in [0.2, 0.25) is 0 Å². The van der Waals surface area contributed by atoms with Gasteiger partial charge in [-0.15, -0.1) is 11.3 Å². The lowest BCUT2D eigenvalue weighted by molar-refractivity contribution is 0.415. The second kappa shape index (κ2) is 7.23. The molecule has 3 aromatic rings. The fourth-order valence-corrected chi connectivity index (χ4v) is 2.81. The average molecular weight is 341 g/mol. The van der Waals surface area contributed by atoms with Crippen LogP contribution in [0.4, 0.5) is 9.52 Å². The van der Waals surface area contributed by atoms with Crippen LogP contribution in [0.25, 0.3) is 11.3 Å². The van der Waals surface area contributed by atoms with Crippen molar-refractivity contribution in [2.75, 3.05) is 12.5 Å². The first-order valence-electron chi connectivity index (χ1n) is 7.31. The van der Waals surface area contributed by atoms with E-state index < -0.39 is 0 Å². The van der Waals surface area contributed by atoms with Gasteiger partial charge < -0.3 is 4.74 Å². The smallest absolute Gasteiger partial charge is 0.203 e. The van der Waals surface area contributed by atoms with E-state index in [1.807, 2.05) is 29.6 Å². The molecule has 0 saturated heterocycles. The van der Waals surface area contributed by atoms with Crippen molar-refractivity contribution in [3.63, 3.8) is 0 Å². The van der Waals surface area contributed by atoms with Gasteiger partial charge in [-0.1, -0.05) is 12.1 Å². The summed E-state index contributed by atoms with van der Waals surface area (Å²) in [5.74, 6) is 0.567. The maximum Gasteiger partial charge on any atom is 0.203 e. The van der Waals surface area contributed by atoms with Crippen LogP contribution in [0.3, 0.4) is 0 Å². The summed E-state index contributed by atoms with van der Waals surface area (Å²) < 4.78 is 18.5. The summed E-state index contributed by atoms with van der Waals surface area (Å²) in [4.78, 5) is 4.46. The second-order valence-corrected chi connectivity index (χ2v) is 6.01. The van der Waals surface area contributed by atoms with Gasteiger partial charge in [0.1, 0.15) is 11.6 Å². The van der Waals surface area contributed by atoms with Gasteiger partial charge in [0.05, 0.1) is 19.0 Å². The number of benzene rings is 2. The minimum absolute atomic E-state index is 0.213. The zero-order valence-corrected chi connectivity index (χ0v) is 14.1. The Morgan fingerprint density at radius 2 is 2.12 bits per heavy atom. The summed E-state index contributed by atoms with van der Waals surface area (Å²) >= 11 is 1.44. The number of rotatable bonds is 5. The fraction of sp³-hybridized carbons (Fsp3) is 0.111. The molecule has 0 unspecified atom stereocenters. The van der Waals surface area contributed by atoms with Crippen LogP contribution in [-0.2, 0) is 0 Å². The standard InChI is InChI=1S/C18H16FN3OS/c1-12-8-14(6-7-16(12)19)17-11-24-18(21-17)22-20-10-13-4-3-5-15(9-13)23-2/h3-11H,1-2H3,(H,21,22)/b20-10-. The minimum atomic E-state index is -0.213. The Bertz CT molecular complexity index is 876. The first-order chi connectivity index (χ1) is 11.7. The molecule has 1 heterocycles. The normalized spacial score (nSPS) is 11.0. The lowest BCUT2D eigenvalue weighted by atomic mass is 10.1. The first kappa shape index (κ1) is 16.1. The molecular formula is C18H16FN3OS. The van der Waals surface area contributed by atoms with E-state index in [0.717, 1.165) is 22.6 Å². The summed E-state index contributed by atoms with van der Waals surface area (Å²) in [7, 11) is 1.63. The van der Waals surface area contributed by atoms with Crippen LogP contribution in [0, 0.1) is 12.7 Å². The van der Waals surface area contributed by atoms with Crippen LogP contribution in [0.5, 0.6) is 5.75 Å². The van der Waals surface area contributed by atoms with E-state index in [-0.39, 0.29) is 5.82 Å². The van der Waals surface area contributed by atoms with Crippen LogP contribution in [0.15, 0.2) is 52.9 Å². The van der Waals surface area contributed by atoms with Crippen LogP contribution >= 0.6 is 11.3 Å². The SMILES string of the molecule is COc1cccc(/C=N\Nc2nc(-c3ccc(F)c(C)c3)cs2)c1. The van der Waals surface area contributed by atoms with E-state index in [9.17, 15) is 4.39 Å². The number of thiazole rings is 1. The number of hydrogen-bond donors (Lipinski definition) is 1. The van der Waals surface area contributed by atoms with Gasteiger partial charge in [0.25, 0.3) is 0 Å². The molecule has 2 aromatic carbocycles. The van der Waals surface area contributed by atoms with Crippen molar-refractivity contribution in [1.29, 1.82) is 0 Å². The number of nitrogens with one attached hydrogen (secondary N) is 1. The highest BCUT2D eigenvalue weighted by Crippen LogP contribution is 2.26. The molecule has 0 aliphatic heterocycles. The molecule has 0 amide bonds. The summed E-state index contributed by atoms with van der Waals surface area (Å²) in [5, 5.41) is 6.77. The molecule has 0 radical (unpaired) electrons. The lowest BCUT2D eigenvalue weighted by Gasteiger charge is -2.00. The molecule has 0 saturated carbocycles. The van der Waals surface area contributed by atoms with Crippen LogP contribution in [-0.4, -0.2) is 18.3 Å². The lowest BCUT2D eigenvalue weighted by Crippen LogP contribution is -1.91. The van der Waals surface area contributed by atoms with Crippen LogP contribution < -0.4 is 10.2 Å². The van der Waals surface area contributed by atoms with Gasteiger partial charge in [-0.25, -0.2) is 9.37 Å². The third-order valence-electron chi connectivity index (χ3n) is 3.43. The molecule has 0 aliphatic rings. The Morgan fingerprint density at radius 1 is 1.25 bits per heavy atom. The van der Waals surface area contributed by atoms with E-state index >= 15 is 0 Å². The number of hydrogen-bond acceptors (Lipinski definition) is 5. The Balaban J connectivity index is 1.69. The number of aromatic nitrogens is 1. The molecule has 24 heavy (non-hydrogen) atoms. The Kier molecular flexibility index (Phi) is 4.86. The number of nitrogens with zero attached hydrogens (tertiary/aromatic N) is 2. The molecule has 1 aromatic heterocycles. The number of halogens is 1. The van der Waals surface area contributed by atoms with Gasteiger partial charge in [-0.05, 0) is 48.4 Å². The highest BCUT2D eigenvalue weighted by molar-refractivity contribution is 7.14. The predicted molar refractivity (Wildman–Crippen MR) is 96.5 cm³/mol. The Labute approximate surface area is 143 Å². The quantitative estimate of drug-likeness (QED) is 0.540. The molecule has 0 spiro atoms. The highest BCUT2D eigenvalue weighted by Gasteiger charge is 2.06. The number of hydrazone groups is 1. The van der Waals surface area contributed by atoms with E-state index in [2.05, 4.69) is 15.5 Å². The summed E-state index contributed by atoms with van der Waals surface area (Å²) in [6.07, 6.45) is 1.70. The number of methoxy groups -OCH3 is 1. The average Bonchev–Trinajstić information content (AvgIpc) is 3.06.